The lowest BCUT2D eigenvalue weighted by Gasteiger charge is -2.26. The highest BCUT2D eigenvalue weighted by Gasteiger charge is 2.33. The molecule has 0 bridgehead atoms. The monoisotopic (exact) mass is 650 g/mol. The van der Waals surface area contributed by atoms with E-state index in [4.69, 9.17) is 0 Å². The van der Waals surface area contributed by atoms with Gasteiger partial charge in [0.05, 0.1) is 23.8 Å². The number of halogens is 3. The molecule has 1 unspecified atom stereocenters. The standard InChI is InChI=1S/C35H37F3N4O3S/c1-22-14-26(18-27(15-22)34(45)42-13-7-12-30(42)33-40-23(2)21-46-33)32(44)41-29(17-24-8-4-3-5-9-24)31(43)20-39-19-25-10-6-11-28(16-25)35(36,37)38/h3-6,8-11,14-16,18,21,29-31,39,43H,7,12-13,17,19-20H2,1-2H3,(H,41,44)/t29?,30-,31-/m1/s1. The molecule has 0 saturated carbocycles. The quantitative estimate of drug-likeness (QED) is 0.179. The van der Waals surface area contributed by atoms with E-state index in [9.17, 15) is 27.9 Å². The first-order valence-corrected chi connectivity index (χ1v) is 16.1. The van der Waals surface area contributed by atoms with Crippen molar-refractivity contribution in [2.75, 3.05) is 13.1 Å². The van der Waals surface area contributed by atoms with Crippen LogP contribution in [0.4, 0.5) is 13.2 Å². The number of aliphatic hydroxyl groups excluding tert-OH is 1. The van der Waals surface area contributed by atoms with E-state index in [1.54, 1.807) is 35.6 Å². The van der Waals surface area contributed by atoms with E-state index in [0.29, 0.717) is 29.7 Å². The van der Waals surface area contributed by atoms with Crippen LogP contribution in [-0.4, -0.2) is 52.0 Å². The maximum Gasteiger partial charge on any atom is 0.416 e. The first-order valence-electron chi connectivity index (χ1n) is 15.2. The van der Waals surface area contributed by atoms with Crippen molar-refractivity contribution in [2.45, 2.75) is 64.0 Å². The Hall–Kier alpha value is -4.06. The van der Waals surface area contributed by atoms with Crippen LogP contribution >= 0.6 is 11.3 Å². The molecule has 5 rings (SSSR count). The minimum absolute atomic E-state index is 0.0259. The zero-order valence-corrected chi connectivity index (χ0v) is 26.5. The van der Waals surface area contributed by atoms with Gasteiger partial charge in [0, 0.05) is 41.8 Å². The van der Waals surface area contributed by atoms with Gasteiger partial charge in [0.2, 0.25) is 0 Å². The van der Waals surface area contributed by atoms with Gasteiger partial charge in [-0.1, -0.05) is 48.5 Å². The van der Waals surface area contributed by atoms with Crippen molar-refractivity contribution in [3.05, 3.63) is 122 Å². The summed E-state index contributed by atoms with van der Waals surface area (Å²) < 4.78 is 39.4. The Morgan fingerprint density at radius 1 is 1.02 bits per heavy atom. The largest absolute Gasteiger partial charge is 0.416 e. The molecule has 2 amide bonds. The Labute approximate surface area is 270 Å². The van der Waals surface area contributed by atoms with Crippen molar-refractivity contribution >= 4 is 23.2 Å². The second-order valence-corrected chi connectivity index (χ2v) is 12.6. The maximum absolute atomic E-state index is 13.7. The molecular weight excluding hydrogens is 613 g/mol. The second kappa shape index (κ2) is 14.6. The van der Waals surface area contributed by atoms with Crippen molar-refractivity contribution in [2.24, 2.45) is 0 Å². The summed E-state index contributed by atoms with van der Waals surface area (Å²) in [6.45, 7) is 4.50. The summed E-state index contributed by atoms with van der Waals surface area (Å²) in [5, 5.41) is 20.0. The van der Waals surface area contributed by atoms with Gasteiger partial charge in [-0.3, -0.25) is 9.59 Å². The van der Waals surface area contributed by atoms with E-state index in [1.165, 1.54) is 6.07 Å². The molecule has 3 N–H and O–H groups in total. The SMILES string of the molecule is Cc1cc(C(=O)NC(Cc2ccccc2)[C@H](O)CNCc2cccc(C(F)(F)F)c2)cc(C(=O)N2CCC[C@@H]2c2nc(C)cs2)c1. The molecule has 0 aliphatic carbocycles. The van der Waals surface area contributed by atoms with Gasteiger partial charge in [-0.25, -0.2) is 4.98 Å². The summed E-state index contributed by atoms with van der Waals surface area (Å²) in [6, 6.07) is 18.6. The average molecular weight is 651 g/mol. The van der Waals surface area contributed by atoms with Crippen molar-refractivity contribution in [1.82, 2.24) is 20.5 Å². The summed E-state index contributed by atoms with van der Waals surface area (Å²) in [5.74, 6) is -0.600. The van der Waals surface area contributed by atoms with E-state index < -0.39 is 29.8 Å². The molecular formula is C35H37F3N4O3S. The molecule has 7 nitrogen and oxygen atoms in total. The minimum atomic E-state index is -4.45. The molecule has 242 valence electrons. The molecule has 11 heteroatoms. The van der Waals surface area contributed by atoms with Crippen LogP contribution in [0.5, 0.6) is 0 Å². The van der Waals surface area contributed by atoms with Crippen LogP contribution in [0.25, 0.3) is 0 Å². The molecule has 1 aliphatic heterocycles. The number of carbonyl (C=O) groups is 2. The smallest absolute Gasteiger partial charge is 0.390 e. The number of likely N-dealkylation sites (tertiary alicyclic amines) is 1. The Morgan fingerprint density at radius 3 is 2.48 bits per heavy atom. The Balaban J connectivity index is 1.29. The zero-order valence-electron chi connectivity index (χ0n) is 25.7. The number of thiazole rings is 1. The van der Waals surface area contributed by atoms with Crippen LogP contribution in [-0.2, 0) is 19.1 Å². The molecule has 4 aromatic rings. The van der Waals surface area contributed by atoms with Crippen LogP contribution in [0.3, 0.4) is 0 Å². The number of rotatable bonds is 11. The Bertz CT molecular complexity index is 1660. The molecule has 0 spiro atoms. The summed E-state index contributed by atoms with van der Waals surface area (Å²) >= 11 is 1.55. The second-order valence-electron chi connectivity index (χ2n) is 11.7. The zero-order chi connectivity index (χ0) is 32.8. The molecule has 2 heterocycles. The topological polar surface area (TPSA) is 94.6 Å². The lowest BCUT2D eigenvalue weighted by molar-refractivity contribution is -0.137. The molecule has 0 radical (unpaired) electrons. The van der Waals surface area contributed by atoms with Gasteiger partial charge in [0.25, 0.3) is 11.8 Å². The maximum atomic E-state index is 13.7. The normalized spacial score (nSPS) is 16.3. The first kappa shape index (κ1) is 33.3. The minimum Gasteiger partial charge on any atom is -0.390 e. The average Bonchev–Trinajstić information content (AvgIpc) is 3.69. The highest BCUT2D eigenvalue weighted by Crippen LogP contribution is 2.35. The number of hydrogen-bond acceptors (Lipinski definition) is 6. The number of aromatic nitrogens is 1. The summed E-state index contributed by atoms with van der Waals surface area (Å²) in [5.41, 5.74) is 2.96. The third-order valence-electron chi connectivity index (χ3n) is 8.04. The third-order valence-corrected chi connectivity index (χ3v) is 9.10. The fraction of sp³-hybridized carbons (Fsp3) is 0.343. The molecule has 3 aromatic carbocycles. The van der Waals surface area contributed by atoms with Gasteiger partial charge in [-0.2, -0.15) is 13.2 Å². The molecule has 46 heavy (non-hydrogen) atoms. The predicted octanol–water partition coefficient (Wildman–Crippen LogP) is 6.25. The first-order chi connectivity index (χ1) is 22.0. The van der Waals surface area contributed by atoms with Crippen molar-refractivity contribution in [3.63, 3.8) is 0 Å². The molecule has 1 fully saturated rings. The highest BCUT2D eigenvalue weighted by atomic mass is 32.1. The van der Waals surface area contributed by atoms with Crippen molar-refractivity contribution in [3.8, 4) is 0 Å². The van der Waals surface area contributed by atoms with Gasteiger partial charge in [-0.05, 0) is 74.1 Å². The fourth-order valence-corrected chi connectivity index (χ4v) is 6.71. The number of aliphatic hydroxyl groups is 1. The fourth-order valence-electron chi connectivity index (χ4n) is 5.76. The summed E-state index contributed by atoms with van der Waals surface area (Å²) in [6.07, 6.45) is -3.49. The van der Waals surface area contributed by atoms with Crippen LogP contribution in [0, 0.1) is 13.8 Å². The third kappa shape index (κ3) is 8.39. The molecule has 1 saturated heterocycles. The van der Waals surface area contributed by atoms with E-state index >= 15 is 0 Å². The van der Waals surface area contributed by atoms with Gasteiger partial charge >= 0.3 is 6.18 Å². The number of carbonyl (C=O) groups excluding carboxylic acids is 2. The molecule has 3 atom stereocenters. The Kier molecular flexibility index (Phi) is 10.6. The van der Waals surface area contributed by atoms with E-state index in [2.05, 4.69) is 15.6 Å². The van der Waals surface area contributed by atoms with E-state index in [1.807, 2.05) is 54.5 Å². The van der Waals surface area contributed by atoms with Gasteiger partial charge in [0.1, 0.15) is 5.01 Å². The number of aryl methyl sites for hydroxylation is 2. The summed E-state index contributed by atoms with van der Waals surface area (Å²) in [4.78, 5) is 33.8. The number of amides is 2. The van der Waals surface area contributed by atoms with Gasteiger partial charge in [0.15, 0.2) is 0 Å². The van der Waals surface area contributed by atoms with Crippen molar-refractivity contribution in [1.29, 1.82) is 0 Å². The van der Waals surface area contributed by atoms with Crippen LogP contribution in [0.1, 0.15) is 72.6 Å². The van der Waals surface area contributed by atoms with Crippen molar-refractivity contribution < 1.29 is 27.9 Å². The number of nitrogens with zero attached hydrogens (tertiary/aromatic N) is 2. The molecule has 1 aliphatic rings. The van der Waals surface area contributed by atoms with Gasteiger partial charge < -0.3 is 20.6 Å². The molecule has 1 aromatic heterocycles. The predicted molar refractivity (Wildman–Crippen MR) is 172 cm³/mol. The number of hydrogen-bond donors (Lipinski definition) is 3. The van der Waals surface area contributed by atoms with Gasteiger partial charge in [-0.15, -0.1) is 11.3 Å². The highest BCUT2D eigenvalue weighted by molar-refractivity contribution is 7.09. The van der Waals surface area contributed by atoms with Crippen LogP contribution in [0.15, 0.2) is 78.2 Å². The van der Waals surface area contributed by atoms with E-state index in [0.717, 1.165) is 46.8 Å². The number of benzene rings is 3. The van der Waals surface area contributed by atoms with Crippen LogP contribution < -0.4 is 10.6 Å². The summed E-state index contributed by atoms with van der Waals surface area (Å²) in [7, 11) is 0. The number of nitrogens with one attached hydrogen (secondary N) is 2. The van der Waals surface area contributed by atoms with Crippen LogP contribution in [0.2, 0.25) is 0 Å². The Morgan fingerprint density at radius 2 is 1.76 bits per heavy atom. The van der Waals surface area contributed by atoms with E-state index in [-0.39, 0.29) is 25.0 Å². The number of alkyl halides is 3. The lowest BCUT2D eigenvalue weighted by Crippen LogP contribution is -2.48. The lowest BCUT2D eigenvalue weighted by atomic mass is 9.99.